The summed E-state index contributed by atoms with van der Waals surface area (Å²) in [5.41, 5.74) is 6.95. The molecule has 0 aromatic carbocycles. The van der Waals surface area contributed by atoms with Gasteiger partial charge in [-0.1, -0.05) is 46.0 Å². The van der Waals surface area contributed by atoms with Crippen LogP contribution in [-0.2, 0) is 0 Å². The predicted molar refractivity (Wildman–Crippen MR) is 87.8 cm³/mol. The molecule has 2 atom stereocenters. The highest BCUT2D eigenvalue weighted by molar-refractivity contribution is 4.88. The molecule has 0 aromatic heterocycles. The third kappa shape index (κ3) is 4.73. The van der Waals surface area contributed by atoms with Crippen molar-refractivity contribution in [1.29, 1.82) is 0 Å². The Balaban J connectivity index is 1.77. The third-order valence-electron chi connectivity index (χ3n) is 5.63. The first-order valence-electron chi connectivity index (χ1n) is 9.08. The van der Waals surface area contributed by atoms with Crippen molar-refractivity contribution >= 4 is 0 Å². The second kappa shape index (κ2) is 7.79. The van der Waals surface area contributed by atoms with Gasteiger partial charge in [0.25, 0.3) is 0 Å². The zero-order valence-corrected chi connectivity index (χ0v) is 13.8. The fraction of sp³-hybridized carbons (Fsp3) is 1.00. The lowest BCUT2D eigenvalue weighted by Crippen LogP contribution is -2.40. The second-order valence-corrected chi connectivity index (χ2v) is 8.00. The summed E-state index contributed by atoms with van der Waals surface area (Å²) in [6, 6.07) is 0.439. The maximum absolute atomic E-state index is 6.35. The van der Waals surface area contributed by atoms with Gasteiger partial charge in [0.15, 0.2) is 0 Å². The molecule has 20 heavy (non-hydrogen) atoms. The van der Waals surface area contributed by atoms with E-state index in [0.29, 0.717) is 11.5 Å². The van der Waals surface area contributed by atoms with Gasteiger partial charge in [0.2, 0.25) is 0 Å². The first-order chi connectivity index (χ1) is 9.61. The Labute approximate surface area is 126 Å². The van der Waals surface area contributed by atoms with E-state index in [0.717, 1.165) is 18.4 Å². The molecule has 0 radical (unpaired) electrons. The van der Waals surface area contributed by atoms with Crippen LogP contribution >= 0.6 is 0 Å². The van der Waals surface area contributed by atoms with Crippen molar-refractivity contribution in [2.75, 3.05) is 13.1 Å². The molecule has 0 aliphatic heterocycles. The zero-order chi connectivity index (χ0) is 14.4. The molecule has 2 saturated carbocycles. The molecule has 0 spiro atoms. The van der Waals surface area contributed by atoms with Gasteiger partial charge >= 0.3 is 0 Å². The predicted octanol–water partition coefficient (Wildman–Crippen LogP) is 4.09. The SMILES string of the molecule is CC(C)CC1(CNCC2CCCCCC2N)CCCC1. The van der Waals surface area contributed by atoms with Gasteiger partial charge in [0.1, 0.15) is 0 Å². The molecule has 0 heterocycles. The van der Waals surface area contributed by atoms with E-state index >= 15 is 0 Å². The maximum atomic E-state index is 6.35. The van der Waals surface area contributed by atoms with Crippen LogP contribution in [0.2, 0.25) is 0 Å². The van der Waals surface area contributed by atoms with Crippen molar-refractivity contribution < 1.29 is 0 Å². The van der Waals surface area contributed by atoms with Crippen LogP contribution in [0.15, 0.2) is 0 Å². The molecular weight excluding hydrogens is 244 g/mol. The summed E-state index contributed by atoms with van der Waals surface area (Å²) >= 11 is 0. The molecule has 2 heteroatoms. The van der Waals surface area contributed by atoms with E-state index < -0.39 is 0 Å². The Bertz CT molecular complexity index is 269. The van der Waals surface area contributed by atoms with Crippen LogP contribution in [-0.4, -0.2) is 19.1 Å². The first-order valence-corrected chi connectivity index (χ1v) is 9.08. The summed E-state index contributed by atoms with van der Waals surface area (Å²) in [6.07, 6.45) is 13.9. The summed E-state index contributed by atoms with van der Waals surface area (Å²) in [5.74, 6) is 1.55. The minimum absolute atomic E-state index is 0.439. The van der Waals surface area contributed by atoms with Crippen LogP contribution in [0.5, 0.6) is 0 Å². The van der Waals surface area contributed by atoms with Gasteiger partial charge in [-0.05, 0) is 55.9 Å². The van der Waals surface area contributed by atoms with Crippen LogP contribution in [0.3, 0.4) is 0 Å². The molecule has 2 fully saturated rings. The van der Waals surface area contributed by atoms with Crippen molar-refractivity contribution in [2.24, 2.45) is 23.0 Å². The summed E-state index contributed by atoms with van der Waals surface area (Å²) in [4.78, 5) is 0. The fourth-order valence-corrected chi connectivity index (χ4v) is 4.63. The molecule has 2 unspecified atom stereocenters. The van der Waals surface area contributed by atoms with Gasteiger partial charge in [-0.2, -0.15) is 0 Å². The molecular formula is C18H36N2. The monoisotopic (exact) mass is 280 g/mol. The van der Waals surface area contributed by atoms with E-state index in [-0.39, 0.29) is 0 Å². The normalized spacial score (nSPS) is 30.6. The summed E-state index contributed by atoms with van der Waals surface area (Å²) < 4.78 is 0. The molecule has 3 N–H and O–H groups in total. The van der Waals surface area contributed by atoms with E-state index in [2.05, 4.69) is 19.2 Å². The number of hydrogen-bond acceptors (Lipinski definition) is 2. The lowest BCUT2D eigenvalue weighted by Gasteiger charge is -2.32. The minimum Gasteiger partial charge on any atom is -0.327 e. The maximum Gasteiger partial charge on any atom is 0.00792 e. The van der Waals surface area contributed by atoms with Crippen molar-refractivity contribution in [3.63, 3.8) is 0 Å². The van der Waals surface area contributed by atoms with E-state index in [1.807, 2.05) is 0 Å². The Hall–Kier alpha value is -0.0800. The minimum atomic E-state index is 0.439. The molecule has 0 amide bonds. The molecule has 2 aliphatic carbocycles. The van der Waals surface area contributed by atoms with E-state index in [1.54, 1.807) is 0 Å². The number of nitrogens with one attached hydrogen (secondary N) is 1. The van der Waals surface area contributed by atoms with Crippen LogP contribution in [0.1, 0.15) is 78.1 Å². The summed E-state index contributed by atoms with van der Waals surface area (Å²) in [6.45, 7) is 7.14. The van der Waals surface area contributed by atoms with Crippen LogP contribution in [0, 0.1) is 17.3 Å². The highest BCUT2D eigenvalue weighted by Gasteiger charge is 2.34. The van der Waals surface area contributed by atoms with Gasteiger partial charge in [-0.3, -0.25) is 0 Å². The molecule has 2 nitrogen and oxygen atoms in total. The van der Waals surface area contributed by atoms with E-state index in [9.17, 15) is 0 Å². The van der Waals surface area contributed by atoms with Gasteiger partial charge in [0.05, 0.1) is 0 Å². The lowest BCUT2D eigenvalue weighted by molar-refractivity contribution is 0.216. The Morgan fingerprint density at radius 2 is 1.75 bits per heavy atom. The highest BCUT2D eigenvalue weighted by atomic mass is 14.9. The lowest BCUT2D eigenvalue weighted by atomic mass is 9.78. The molecule has 0 saturated heterocycles. The summed E-state index contributed by atoms with van der Waals surface area (Å²) in [5, 5.41) is 3.82. The average molecular weight is 280 g/mol. The molecule has 2 aliphatic rings. The van der Waals surface area contributed by atoms with E-state index in [1.165, 1.54) is 70.8 Å². The van der Waals surface area contributed by atoms with Gasteiger partial charge in [-0.25, -0.2) is 0 Å². The Morgan fingerprint density at radius 1 is 1.05 bits per heavy atom. The molecule has 118 valence electrons. The third-order valence-corrected chi connectivity index (χ3v) is 5.63. The van der Waals surface area contributed by atoms with Crippen LogP contribution < -0.4 is 11.1 Å². The smallest absolute Gasteiger partial charge is 0.00792 e. The largest absolute Gasteiger partial charge is 0.327 e. The number of rotatable bonds is 6. The van der Waals surface area contributed by atoms with Gasteiger partial charge in [-0.15, -0.1) is 0 Å². The summed E-state index contributed by atoms with van der Waals surface area (Å²) in [7, 11) is 0. The van der Waals surface area contributed by atoms with Gasteiger partial charge < -0.3 is 11.1 Å². The number of nitrogens with two attached hydrogens (primary N) is 1. The average Bonchev–Trinajstić information content (AvgIpc) is 2.74. The van der Waals surface area contributed by atoms with E-state index in [4.69, 9.17) is 5.73 Å². The molecule has 0 aromatic rings. The number of hydrogen-bond donors (Lipinski definition) is 2. The Kier molecular flexibility index (Phi) is 6.35. The van der Waals surface area contributed by atoms with Crippen molar-refractivity contribution in [2.45, 2.75) is 84.1 Å². The topological polar surface area (TPSA) is 38.0 Å². The zero-order valence-electron chi connectivity index (χ0n) is 13.8. The van der Waals surface area contributed by atoms with Gasteiger partial charge in [0, 0.05) is 12.6 Å². The fourth-order valence-electron chi connectivity index (χ4n) is 4.63. The Morgan fingerprint density at radius 3 is 2.45 bits per heavy atom. The molecule has 2 rings (SSSR count). The quantitative estimate of drug-likeness (QED) is 0.719. The van der Waals surface area contributed by atoms with Crippen molar-refractivity contribution in [1.82, 2.24) is 5.32 Å². The van der Waals surface area contributed by atoms with Crippen LogP contribution in [0.4, 0.5) is 0 Å². The highest BCUT2D eigenvalue weighted by Crippen LogP contribution is 2.42. The first kappa shape index (κ1) is 16.3. The van der Waals surface area contributed by atoms with Crippen LogP contribution in [0.25, 0.3) is 0 Å². The van der Waals surface area contributed by atoms with Crippen molar-refractivity contribution in [3.05, 3.63) is 0 Å². The standard InChI is InChI=1S/C18H36N2/c1-15(2)12-18(10-6-7-11-18)14-20-13-16-8-4-3-5-9-17(16)19/h15-17,20H,3-14,19H2,1-2H3. The second-order valence-electron chi connectivity index (χ2n) is 8.00. The molecule has 0 bridgehead atoms. The van der Waals surface area contributed by atoms with Crippen molar-refractivity contribution in [3.8, 4) is 0 Å².